The Morgan fingerprint density at radius 1 is 0.591 bits per heavy atom. The summed E-state index contributed by atoms with van der Waals surface area (Å²) in [5, 5.41) is 0. The summed E-state index contributed by atoms with van der Waals surface area (Å²) in [5.41, 5.74) is 0. The van der Waals surface area contributed by atoms with E-state index in [1.807, 2.05) is 0 Å². The van der Waals surface area contributed by atoms with Crippen molar-refractivity contribution in [3.8, 4) is 0 Å². The fraction of sp³-hybridized carbons (Fsp3) is 1.00. The molecule has 0 saturated carbocycles. The molecule has 0 spiro atoms. The van der Waals surface area contributed by atoms with Crippen LogP contribution in [0.3, 0.4) is 0 Å². The van der Waals surface area contributed by atoms with Crippen molar-refractivity contribution in [1.82, 2.24) is 4.90 Å². The van der Waals surface area contributed by atoms with Gasteiger partial charge in [0.25, 0.3) is 0 Å². The van der Waals surface area contributed by atoms with Crippen LogP contribution in [0.25, 0.3) is 0 Å². The zero-order valence-electron chi connectivity index (χ0n) is 16.3. The van der Waals surface area contributed by atoms with Gasteiger partial charge in [0.05, 0.1) is 0 Å². The molecule has 0 aromatic carbocycles. The third-order valence-corrected chi connectivity index (χ3v) is 4.89. The van der Waals surface area contributed by atoms with Crippen molar-refractivity contribution in [2.24, 2.45) is 5.92 Å². The van der Waals surface area contributed by atoms with Gasteiger partial charge in [-0.25, -0.2) is 0 Å². The zero-order valence-corrected chi connectivity index (χ0v) is 16.3. The Morgan fingerprint density at radius 3 is 1.64 bits per heavy atom. The summed E-state index contributed by atoms with van der Waals surface area (Å²) in [6.07, 6.45) is 20.1. The predicted molar refractivity (Wildman–Crippen MR) is 103 cm³/mol. The highest BCUT2D eigenvalue weighted by molar-refractivity contribution is 4.56. The molecular formula is C21H45N. The molecule has 0 aliphatic heterocycles. The summed E-state index contributed by atoms with van der Waals surface area (Å²) in [4.78, 5) is 2.47. The smallest absolute Gasteiger partial charge is 0.00218 e. The van der Waals surface area contributed by atoms with Crippen LogP contribution in [-0.4, -0.2) is 25.0 Å². The van der Waals surface area contributed by atoms with Gasteiger partial charge in [0.2, 0.25) is 0 Å². The summed E-state index contributed by atoms with van der Waals surface area (Å²) in [5.74, 6) is 0.960. The fourth-order valence-electron chi connectivity index (χ4n) is 3.32. The third-order valence-electron chi connectivity index (χ3n) is 4.89. The maximum Gasteiger partial charge on any atom is -0.00218 e. The van der Waals surface area contributed by atoms with Crippen LogP contribution in [0.4, 0.5) is 0 Å². The van der Waals surface area contributed by atoms with Crippen LogP contribution in [0.5, 0.6) is 0 Å². The van der Waals surface area contributed by atoms with Crippen LogP contribution in [-0.2, 0) is 0 Å². The standard InChI is InChI=1S/C21H45N/c1-5-7-8-9-11-14-17-21(3)18-15-12-10-13-16-20-22(4)19-6-2/h21H,5-20H2,1-4H3. The molecule has 1 unspecified atom stereocenters. The lowest BCUT2D eigenvalue weighted by atomic mass is 9.96. The fourth-order valence-corrected chi connectivity index (χ4v) is 3.32. The van der Waals surface area contributed by atoms with Gasteiger partial charge >= 0.3 is 0 Å². The number of hydrogen-bond donors (Lipinski definition) is 0. The van der Waals surface area contributed by atoms with Gasteiger partial charge in [-0.3, -0.25) is 0 Å². The van der Waals surface area contributed by atoms with E-state index in [9.17, 15) is 0 Å². The predicted octanol–water partition coefficient (Wildman–Crippen LogP) is 7.06. The Kier molecular flexibility index (Phi) is 17.3. The van der Waals surface area contributed by atoms with Gasteiger partial charge in [0.15, 0.2) is 0 Å². The summed E-state index contributed by atoms with van der Waals surface area (Å²) in [6.45, 7) is 9.58. The van der Waals surface area contributed by atoms with Gasteiger partial charge in [-0.05, 0) is 38.9 Å². The second-order valence-electron chi connectivity index (χ2n) is 7.52. The molecule has 0 bridgehead atoms. The first kappa shape index (κ1) is 22.0. The Hall–Kier alpha value is -0.0400. The quantitative estimate of drug-likeness (QED) is 0.260. The van der Waals surface area contributed by atoms with Crippen molar-refractivity contribution in [1.29, 1.82) is 0 Å². The highest BCUT2D eigenvalue weighted by Crippen LogP contribution is 2.18. The van der Waals surface area contributed by atoms with Crippen molar-refractivity contribution < 1.29 is 0 Å². The molecule has 0 N–H and O–H groups in total. The Labute approximate surface area is 142 Å². The highest BCUT2D eigenvalue weighted by atomic mass is 15.1. The molecule has 1 heteroatoms. The molecule has 0 amide bonds. The summed E-state index contributed by atoms with van der Waals surface area (Å²) in [7, 11) is 2.26. The number of hydrogen-bond acceptors (Lipinski definition) is 1. The summed E-state index contributed by atoms with van der Waals surface area (Å²) < 4.78 is 0. The molecule has 1 atom stereocenters. The van der Waals surface area contributed by atoms with Crippen LogP contribution >= 0.6 is 0 Å². The minimum atomic E-state index is 0.960. The van der Waals surface area contributed by atoms with E-state index in [0.29, 0.717) is 0 Å². The van der Waals surface area contributed by atoms with E-state index in [0.717, 1.165) is 5.92 Å². The van der Waals surface area contributed by atoms with Gasteiger partial charge in [0.1, 0.15) is 0 Å². The molecule has 22 heavy (non-hydrogen) atoms. The molecule has 0 radical (unpaired) electrons. The largest absolute Gasteiger partial charge is 0.306 e. The first-order valence-corrected chi connectivity index (χ1v) is 10.4. The highest BCUT2D eigenvalue weighted by Gasteiger charge is 2.02. The van der Waals surface area contributed by atoms with E-state index >= 15 is 0 Å². The second kappa shape index (κ2) is 17.3. The second-order valence-corrected chi connectivity index (χ2v) is 7.52. The van der Waals surface area contributed by atoms with Crippen molar-refractivity contribution in [2.45, 2.75) is 111 Å². The Morgan fingerprint density at radius 2 is 1.09 bits per heavy atom. The SMILES string of the molecule is CCCCCCCCC(C)CCCCCCCN(C)CCC. The monoisotopic (exact) mass is 311 g/mol. The average Bonchev–Trinajstić information content (AvgIpc) is 2.50. The number of nitrogens with zero attached hydrogens (tertiary/aromatic N) is 1. The molecule has 0 aliphatic carbocycles. The zero-order chi connectivity index (χ0) is 16.5. The average molecular weight is 312 g/mol. The van der Waals surface area contributed by atoms with E-state index in [1.165, 1.54) is 103 Å². The number of unbranched alkanes of at least 4 members (excludes halogenated alkanes) is 9. The lowest BCUT2D eigenvalue weighted by Gasteiger charge is -2.15. The minimum absolute atomic E-state index is 0.960. The molecule has 0 fully saturated rings. The molecule has 1 nitrogen and oxygen atoms in total. The van der Waals surface area contributed by atoms with Gasteiger partial charge < -0.3 is 4.90 Å². The number of rotatable bonds is 17. The molecule has 0 aromatic heterocycles. The van der Waals surface area contributed by atoms with Crippen molar-refractivity contribution in [2.75, 3.05) is 20.1 Å². The van der Waals surface area contributed by atoms with Gasteiger partial charge in [-0.15, -0.1) is 0 Å². The van der Waals surface area contributed by atoms with Crippen molar-refractivity contribution >= 4 is 0 Å². The van der Waals surface area contributed by atoms with E-state index in [-0.39, 0.29) is 0 Å². The maximum atomic E-state index is 2.47. The summed E-state index contributed by atoms with van der Waals surface area (Å²) in [6, 6.07) is 0. The van der Waals surface area contributed by atoms with Crippen molar-refractivity contribution in [3.05, 3.63) is 0 Å². The minimum Gasteiger partial charge on any atom is -0.306 e. The Balaban J connectivity index is 3.19. The normalized spacial score (nSPS) is 13.0. The first-order chi connectivity index (χ1) is 10.7. The van der Waals surface area contributed by atoms with E-state index in [4.69, 9.17) is 0 Å². The molecule has 0 aliphatic rings. The molecular weight excluding hydrogens is 266 g/mol. The van der Waals surface area contributed by atoms with Crippen molar-refractivity contribution in [3.63, 3.8) is 0 Å². The van der Waals surface area contributed by atoms with E-state index in [2.05, 4.69) is 32.7 Å². The van der Waals surface area contributed by atoms with Gasteiger partial charge in [-0.2, -0.15) is 0 Å². The third kappa shape index (κ3) is 16.3. The molecule has 0 saturated heterocycles. The molecule has 134 valence electrons. The lowest BCUT2D eigenvalue weighted by molar-refractivity contribution is 0.323. The van der Waals surface area contributed by atoms with E-state index < -0.39 is 0 Å². The van der Waals surface area contributed by atoms with Crippen LogP contribution < -0.4 is 0 Å². The molecule has 0 rings (SSSR count). The lowest BCUT2D eigenvalue weighted by Crippen LogP contribution is -2.20. The van der Waals surface area contributed by atoms with Crippen LogP contribution in [0.1, 0.15) is 111 Å². The topological polar surface area (TPSA) is 3.24 Å². The van der Waals surface area contributed by atoms with Gasteiger partial charge in [0, 0.05) is 0 Å². The van der Waals surface area contributed by atoms with Crippen LogP contribution in [0, 0.1) is 5.92 Å². The Bertz CT molecular complexity index is 202. The first-order valence-electron chi connectivity index (χ1n) is 10.4. The van der Waals surface area contributed by atoms with Crippen LogP contribution in [0.2, 0.25) is 0 Å². The molecule has 0 heterocycles. The van der Waals surface area contributed by atoms with E-state index in [1.54, 1.807) is 0 Å². The molecule has 0 aromatic rings. The summed E-state index contributed by atoms with van der Waals surface area (Å²) >= 11 is 0. The van der Waals surface area contributed by atoms with Gasteiger partial charge in [-0.1, -0.05) is 97.8 Å². The van der Waals surface area contributed by atoms with Crippen LogP contribution in [0.15, 0.2) is 0 Å². The maximum absolute atomic E-state index is 2.47.